The predicted molar refractivity (Wildman–Crippen MR) is 103 cm³/mol. The summed E-state index contributed by atoms with van der Waals surface area (Å²) in [7, 11) is 0. The van der Waals surface area contributed by atoms with Crippen LogP contribution in [-0.2, 0) is 9.53 Å². The zero-order chi connectivity index (χ0) is 19.1. The minimum absolute atomic E-state index is 0.144. The number of nitrogens with zero attached hydrogens (tertiary/aromatic N) is 3. The molecule has 1 atom stereocenters. The molecule has 27 heavy (non-hydrogen) atoms. The quantitative estimate of drug-likeness (QED) is 0.752. The van der Waals surface area contributed by atoms with E-state index >= 15 is 0 Å². The Labute approximate surface area is 159 Å². The molecule has 1 aromatic carbocycles. The summed E-state index contributed by atoms with van der Waals surface area (Å²) in [5, 5.41) is 2.87. The first kappa shape index (κ1) is 19.1. The van der Waals surface area contributed by atoms with Gasteiger partial charge in [0.1, 0.15) is 12.4 Å². The Morgan fingerprint density at radius 1 is 1.30 bits per heavy atom. The van der Waals surface area contributed by atoms with Gasteiger partial charge < -0.3 is 19.7 Å². The highest BCUT2D eigenvalue weighted by molar-refractivity contribution is 5.81. The van der Waals surface area contributed by atoms with Crippen LogP contribution < -0.4 is 15.0 Å². The van der Waals surface area contributed by atoms with Gasteiger partial charge in [-0.25, -0.2) is 9.97 Å². The zero-order valence-electron chi connectivity index (χ0n) is 15.8. The van der Waals surface area contributed by atoms with E-state index in [1.165, 1.54) is 5.56 Å². The van der Waals surface area contributed by atoms with Gasteiger partial charge in [0.15, 0.2) is 6.10 Å². The summed E-state index contributed by atoms with van der Waals surface area (Å²) in [6, 6.07) is 9.81. The summed E-state index contributed by atoms with van der Waals surface area (Å²) in [5.74, 6) is 1.77. The molecule has 3 rings (SSSR count). The lowest BCUT2D eigenvalue weighted by atomic mass is 10.0. The third kappa shape index (κ3) is 5.40. The Morgan fingerprint density at radius 3 is 2.74 bits per heavy atom. The number of nitrogens with one attached hydrogen (secondary N) is 1. The van der Waals surface area contributed by atoms with E-state index < -0.39 is 6.10 Å². The summed E-state index contributed by atoms with van der Waals surface area (Å²) in [6.45, 7) is 6.72. The summed E-state index contributed by atoms with van der Waals surface area (Å²) >= 11 is 0. The van der Waals surface area contributed by atoms with Crippen LogP contribution in [-0.4, -0.2) is 54.8 Å². The molecule has 2 heterocycles. The van der Waals surface area contributed by atoms with Gasteiger partial charge in [0.2, 0.25) is 5.95 Å². The number of anilines is 1. The SMILES string of the molecule is CC(C)c1ccc(OCCNC(=O)[C@@H]2CN(c3ncccn3)CCO2)cc1. The average Bonchev–Trinajstić information content (AvgIpc) is 2.72. The van der Waals surface area contributed by atoms with E-state index in [-0.39, 0.29) is 5.91 Å². The van der Waals surface area contributed by atoms with Gasteiger partial charge in [0.05, 0.1) is 19.7 Å². The Hall–Kier alpha value is -2.67. The number of amides is 1. The van der Waals surface area contributed by atoms with Crippen LogP contribution in [0.2, 0.25) is 0 Å². The lowest BCUT2D eigenvalue weighted by Crippen LogP contribution is -2.50. The van der Waals surface area contributed by atoms with Crippen LogP contribution in [0.1, 0.15) is 25.3 Å². The van der Waals surface area contributed by atoms with Gasteiger partial charge in [-0.2, -0.15) is 0 Å². The van der Waals surface area contributed by atoms with Crippen LogP contribution >= 0.6 is 0 Å². The van der Waals surface area contributed by atoms with Crippen molar-refractivity contribution in [3.63, 3.8) is 0 Å². The van der Waals surface area contributed by atoms with Crippen LogP contribution in [0.25, 0.3) is 0 Å². The Balaban J connectivity index is 1.41. The van der Waals surface area contributed by atoms with Crippen molar-refractivity contribution in [2.75, 3.05) is 37.7 Å². The van der Waals surface area contributed by atoms with E-state index in [1.54, 1.807) is 18.5 Å². The molecule has 1 N–H and O–H groups in total. The third-order valence-corrected chi connectivity index (χ3v) is 4.41. The van der Waals surface area contributed by atoms with E-state index in [4.69, 9.17) is 9.47 Å². The van der Waals surface area contributed by atoms with Crippen molar-refractivity contribution in [2.45, 2.75) is 25.9 Å². The third-order valence-electron chi connectivity index (χ3n) is 4.41. The van der Waals surface area contributed by atoms with Crippen molar-refractivity contribution in [3.05, 3.63) is 48.3 Å². The summed E-state index contributed by atoms with van der Waals surface area (Å²) in [6.07, 6.45) is 2.85. The standard InChI is InChI=1S/C20H26N4O3/c1-15(2)16-4-6-17(7-5-16)26-12-10-21-19(25)18-14-24(11-13-27-18)20-22-8-3-9-23-20/h3-9,15,18H,10-14H2,1-2H3,(H,21,25)/t18-/m0/s1. The van der Waals surface area contributed by atoms with Crippen LogP contribution in [0.15, 0.2) is 42.7 Å². The van der Waals surface area contributed by atoms with Gasteiger partial charge in [-0.05, 0) is 29.7 Å². The van der Waals surface area contributed by atoms with Crippen molar-refractivity contribution >= 4 is 11.9 Å². The van der Waals surface area contributed by atoms with Crippen LogP contribution in [0.3, 0.4) is 0 Å². The minimum Gasteiger partial charge on any atom is -0.492 e. The highest BCUT2D eigenvalue weighted by Gasteiger charge is 2.27. The molecule has 0 aliphatic carbocycles. The minimum atomic E-state index is -0.534. The fraction of sp³-hybridized carbons (Fsp3) is 0.450. The first-order chi connectivity index (χ1) is 13.1. The summed E-state index contributed by atoms with van der Waals surface area (Å²) in [5.41, 5.74) is 1.28. The number of hydrogen-bond donors (Lipinski definition) is 1. The predicted octanol–water partition coefficient (Wildman–Crippen LogP) is 2.00. The van der Waals surface area contributed by atoms with E-state index in [2.05, 4.69) is 41.3 Å². The largest absolute Gasteiger partial charge is 0.492 e. The molecule has 7 nitrogen and oxygen atoms in total. The van der Waals surface area contributed by atoms with E-state index in [1.807, 2.05) is 17.0 Å². The number of carbonyl (C=O) groups is 1. The second-order valence-electron chi connectivity index (χ2n) is 6.72. The number of morpholine rings is 1. The highest BCUT2D eigenvalue weighted by atomic mass is 16.5. The molecule has 1 aliphatic heterocycles. The molecular formula is C20H26N4O3. The van der Waals surface area contributed by atoms with Crippen molar-refractivity contribution in [3.8, 4) is 5.75 Å². The van der Waals surface area contributed by atoms with E-state index in [0.29, 0.717) is 44.7 Å². The summed E-state index contributed by atoms with van der Waals surface area (Å²) in [4.78, 5) is 22.8. The summed E-state index contributed by atoms with van der Waals surface area (Å²) < 4.78 is 11.3. The normalized spacial score (nSPS) is 17.0. The van der Waals surface area contributed by atoms with Gasteiger partial charge in [-0.3, -0.25) is 4.79 Å². The number of ether oxygens (including phenoxy) is 2. The first-order valence-corrected chi connectivity index (χ1v) is 9.27. The van der Waals surface area contributed by atoms with Crippen LogP contribution in [0, 0.1) is 0 Å². The van der Waals surface area contributed by atoms with Gasteiger partial charge >= 0.3 is 0 Å². The molecule has 7 heteroatoms. The number of rotatable bonds is 7. The van der Waals surface area contributed by atoms with Crippen LogP contribution in [0.4, 0.5) is 5.95 Å². The zero-order valence-corrected chi connectivity index (χ0v) is 15.8. The Kier molecular flexibility index (Phi) is 6.59. The molecule has 144 valence electrons. The van der Waals surface area contributed by atoms with Crippen molar-refractivity contribution < 1.29 is 14.3 Å². The molecule has 1 amide bonds. The molecule has 0 bridgehead atoms. The number of hydrogen-bond acceptors (Lipinski definition) is 6. The Morgan fingerprint density at radius 2 is 2.04 bits per heavy atom. The molecule has 2 aromatic rings. The van der Waals surface area contributed by atoms with Crippen molar-refractivity contribution in [1.29, 1.82) is 0 Å². The van der Waals surface area contributed by atoms with Gasteiger partial charge in [0.25, 0.3) is 5.91 Å². The van der Waals surface area contributed by atoms with Crippen molar-refractivity contribution in [1.82, 2.24) is 15.3 Å². The first-order valence-electron chi connectivity index (χ1n) is 9.27. The number of carbonyl (C=O) groups excluding carboxylic acids is 1. The highest BCUT2D eigenvalue weighted by Crippen LogP contribution is 2.18. The molecule has 1 aliphatic rings. The number of benzene rings is 1. The molecule has 1 fully saturated rings. The number of aromatic nitrogens is 2. The maximum Gasteiger partial charge on any atom is 0.251 e. The van der Waals surface area contributed by atoms with E-state index in [0.717, 1.165) is 5.75 Å². The lowest BCUT2D eigenvalue weighted by molar-refractivity contribution is -0.133. The maximum absolute atomic E-state index is 12.3. The second-order valence-corrected chi connectivity index (χ2v) is 6.72. The lowest BCUT2D eigenvalue weighted by Gasteiger charge is -2.32. The molecular weight excluding hydrogens is 344 g/mol. The van der Waals surface area contributed by atoms with Crippen LogP contribution in [0.5, 0.6) is 5.75 Å². The molecule has 1 aromatic heterocycles. The second kappa shape index (κ2) is 9.32. The van der Waals surface area contributed by atoms with E-state index in [9.17, 15) is 4.79 Å². The molecule has 0 unspecified atom stereocenters. The fourth-order valence-corrected chi connectivity index (χ4v) is 2.85. The van der Waals surface area contributed by atoms with Gasteiger partial charge in [0, 0.05) is 18.9 Å². The fourth-order valence-electron chi connectivity index (χ4n) is 2.85. The molecule has 0 spiro atoms. The topological polar surface area (TPSA) is 76.6 Å². The maximum atomic E-state index is 12.3. The molecule has 0 saturated carbocycles. The van der Waals surface area contributed by atoms with Gasteiger partial charge in [-0.15, -0.1) is 0 Å². The smallest absolute Gasteiger partial charge is 0.251 e. The monoisotopic (exact) mass is 370 g/mol. The average molecular weight is 370 g/mol. The molecule has 0 radical (unpaired) electrons. The van der Waals surface area contributed by atoms with Gasteiger partial charge in [-0.1, -0.05) is 26.0 Å². The van der Waals surface area contributed by atoms with Crippen molar-refractivity contribution in [2.24, 2.45) is 0 Å². The Bertz CT molecular complexity index is 722. The molecule has 1 saturated heterocycles.